The monoisotopic (exact) mass is 667 g/mol. The minimum Gasteiger partial charge on any atom is -0.507 e. The average molecular weight is 668 g/mol. The van der Waals surface area contributed by atoms with Crippen LogP contribution in [0.3, 0.4) is 0 Å². The number of aromatic hydroxyl groups is 1. The number of phenols is 1. The number of nitrogens with one attached hydrogen (secondary N) is 2. The van der Waals surface area contributed by atoms with Gasteiger partial charge in [0, 0.05) is 23.2 Å². The number of phenolic OH excluding ortho intramolecular Hbond substituents is 1. The van der Waals surface area contributed by atoms with Gasteiger partial charge in [0.2, 0.25) is 0 Å². The van der Waals surface area contributed by atoms with Crippen LogP contribution in [0.1, 0.15) is 75.8 Å². The third kappa shape index (κ3) is 5.59. The molecule has 9 nitrogen and oxygen atoms in total. The quantitative estimate of drug-likeness (QED) is 0.131. The molecule has 0 aliphatic carbocycles. The molecule has 1 aromatic heterocycles. The van der Waals surface area contributed by atoms with E-state index >= 15 is 4.39 Å². The number of benzene rings is 4. The van der Waals surface area contributed by atoms with Gasteiger partial charge in [0.05, 0.1) is 33.3 Å². The number of fused-ring (bicyclic) bond motifs is 2. The normalized spacial score (nSPS) is 18.6. The van der Waals surface area contributed by atoms with E-state index in [2.05, 4.69) is 15.2 Å². The Morgan fingerprint density at radius 3 is 2.60 bits per heavy atom. The highest BCUT2D eigenvalue weighted by atomic mass is 35.5. The zero-order valence-electron chi connectivity index (χ0n) is 26.1. The lowest BCUT2D eigenvalue weighted by atomic mass is 9.93. The Balaban J connectivity index is 1.20. The van der Waals surface area contributed by atoms with Crippen LogP contribution in [-0.4, -0.2) is 56.5 Å². The molecule has 3 heterocycles. The number of para-hydroxylation sites is 1. The van der Waals surface area contributed by atoms with Crippen LogP contribution in [0.4, 0.5) is 10.1 Å². The molecule has 1 saturated heterocycles. The van der Waals surface area contributed by atoms with E-state index in [0.717, 1.165) is 43.1 Å². The molecule has 2 aliphatic heterocycles. The molecule has 2 atom stereocenters. The maximum Gasteiger partial charge on any atom is 0.261 e. The van der Waals surface area contributed by atoms with Crippen molar-refractivity contribution in [1.82, 2.24) is 20.2 Å². The summed E-state index contributed by atoms with van der Waals surface area (Å²) in [4.78, 5) is 38.3. The number of hydrogen-bond donors (Lipinski definition) is 4. The number of nitrogens with zero attached hydrogens (tertiary/aromatic N) is 3. The number of aromatic amines is 1. The Labute approximate surface area is 282 Å². The van der Waals surface area contributed by atoms with Crippen LogP contribution < -0.4 is 10.2 Å². The molecule has 11 heteroatoms. The molecular formula is C37H35ClFN5O4. The van der Waals surface area contributed by atoms with Crippen molar-refractivity contribution in [3.8, 4) is 5.75 Å². The summed E-state index contributed by atoms with van der Waals surface area (Å²) in [5.74, 6) is -0.956. The first kappa shape index (κ1) is 31.8. The van der Waals surface area contributed by atoms with Gasteiger partial charge >= 0.3 is 0 Å². The fraction of sp³-hybridized carbons (Fsp3) is 0.270. The topological polar surface area (TPSA) is 122 Å². The summed E-state index contributed by atoms with van der Waals surface area (Å²) in [6.07, 6.45) is 4.75. The standard InChI is InChI=1S/C37H35ClFN5O4/c38-27-13-8-14-30(33(27)39)44-36(47)24-10-2-4-12-26(24)37(44,48)23-17-18-28-29(22-23)42-34(41-28)31(43-20-6-1-7-21-43)15-9-19-40-35(46)25-11-3-5-16-32(25)45/h2-5,8,10-14,16-18,22,31,45,48H,1,6-7,9,15,19-21H2,(H,40,46)(H,41,42). The molecule has 4 N–H and O–H groups in total. The number of halogens is 2. The van der Waals surface area contributed by atoms with Gasteiger partial charge < -0.3 is 20.5 Å². The number of amides is 2. The second kappa shape index (κ2) is 13.0. The van der Waals surface area contributed by atoms with Gasteiger partial charge in [0.15, 0.2) is 11.5 Å². The highest BCUT2D eigenvalue weighted by Gasteiger charge is 2.51. The van der Waals surface area contributed by atoms with E-state index in [0.29, 0.717) is 35.1 Å². The molecule has 0 radical (unpaired) electrons. The number of aromatic nitrogens is 2. The number of aliphatic hydroxyl groups is 1. The average Bonchev–Trinajstić information content (AvgIpc) is 3.63. The highest BCUT2D eigenvalue weighted by Crippen LogP contribution is 2.46. The summed E-state index contributed by atoms with van der Waals surface area (Å²) < 4.78 is 15.4. The summed E-state index contributed by atoms with van der Waals surface area (Å²) in [7, 11) is 0. The first-order valence-corrected chi connectivity index (χ1v) is 16.6. The third-order valence-electron chi connectivity index (χ3n) is 9.37. The minimum atomic E-state index is -2.02. The van der Waals surface area contributed by atoms with E-state index in [1.54, 1.807) is 66.7 Å². The Morgan fingerprint density at radius 2 is 1.79 bits per heavy atom. The molecule has 7 rings (SSSR count). The van der Waals surface area contributed by atoms with Crippen LogP contribution in [0.5, 0.6) is 5.75 Å². The summed E-state index contributed by atoms with van der Waals surface area (Å²) in [6.45, 7) is 2.28. The highest BCUT2D eigenvalue weighted by molar-refractivity contribution is 6.31. The lowest BCUT2D eigenvalue weighted by Crippen LogP contribution is -2.45. The number of piperidine rings is 1. The van der Waals surface area contributed by atoms with Gasteiger partial charge in [-0.2, -0.15) is 0 Å². The van der Waals surface area contributed by atoms with Crippen LogP contribution in [0, 0.1) is 5.82 Å². The zero-order chi connectivity index (χ0) is 33.4. The lowest BCUT2D eigenvalue weighted by Gasteiger charge is -2.35. The fourth-order valence-corrected chi connectivity index (χ4v) is 7.15. The fourth-order valence-electron chi connectivity index (χ4n) is 6.98. The van der Waals surface area contributed by atoms with Crippen molar-refractivity contribution in [2.24, 2.45) is 0 Å². The Bertz CT molecular complexity index is 2010. The maximum absolute atomic E-state index is 15.4. The Morgan fingerprint density at radius 1 is 1.02 bits per heavy atom. The second-order valence-electron chi connectivity index (χ2n) is 12.3. The molecule has 2 amide bonds. The Kier molecular flexibility index (Phi) is 8.63. The van der Waals surface area contributed by atoms with Crippen molar-refractivity contribution in [2.45, 2.75) is 43.9 Å². The number of imidazole rings is 1. The van der Waals surface area contributed by atoms with E-state index in [-0.39, 0.29) is 39.5 Å². The molecule has 2 aliphatic rings. The summed E-state index contributed by atoms with van der Waals surface area (Å²) >= 11 is 6.12. The molecular weight excluding hydrogens is 633 g/mol. The summed E-state index contributed by atoms with van der Waals surface area (Å²) in [5, 5.41) is 25.3. The van der Waals surface area contributed by atoms with Crippen LogP contribution in [-0.2, 0) is 5.72 Å². The van der Waals surface area contributed by atoms with Crippen molar-refractivity contribution < 1.29 is 24.2 Å². The van der Waals surface area contributed by atoms with Crippen LogP contribution >= 0.6 is 11.6 Å². The van der Waals surface area contributed by atoms with E-state index in [4.69, 9.17) is 16.6 Å². The molecule has 246 valence electrons. The number of likely N-dealkylation sites (tertiary alicyclic amines) is 1. The molecule has 0 saturated carbocycles. The van der Waals surface area contributed by atoms with Gasteiger partial charge in [-0.15, -0.1) is 0 Å². The number of rotatable bonds is 9. The van der Waals surface area contributed by atoms with Crippen molar-refractivity contribution in [3.05, 3.63) is 124 Å². The van der Waals surface area contributed by atoms with Crippen LogP contribution in [0.15, 0.2) is 84.9 Å². The smallest absolute Gasteiger partial charge is 0.261 e. The lowest BCUT2D eigenvalue weighted by molar-refractivity contribution is 0.0699. The van der Waals surface area contributed by atoms with Crippen molar-refractivity contribution in [3.63, 3.8) is 0 Å². The molecule has 5 aromatic rings. The number of carbonyl (C=O) groups excluding carboxylic acids is 2. The summed E-state index contributed by atoms with van der Waals surface area (Å²) in [6, 6.07) is 22.8. The zero-order valence-corrected chi connectivity index (χ0v) is 26.9. The van der Waals surface area contributed by atoms with Gasteiger partial charge in [0.1, 0.15) is 11.6 Å². The molecule has 0 bridgehead atoms. The van der Waals surface area contributed by atoms with Crippen molar-refractivity contribution in [1.29, 1.82) is 0 Å². The van der Waals surface area contributed by atoms with E-state index in [1.165, 1.54) is 24.6 Å². The first-order valence-electron chi connectivity index (χ1n) is 16.2. The Hall–Kier alpha value is -4.77. The van der Waals surface area contributed by atoms with Crippen LogP contribution in [0.2, 0.25) is 5.02 Å². The maximum atomic E-state index is 15.4. The number of H-pyrrole nitrogens is 1. The third-order valence-corrected chi connectivity index (χ3v) is 9.66. The molecule has 0 spiro atoms. The number of hydrogen-bond acceptors (Lipinski definition) is 6. The van der Waals surface area contributed by atoms with Gasteiger partial charge in [-0.25, -0.2) is 9.37 Å². The van der Waals surface area contributed by atoms with Gasteiger partial charge in [-0.3, -0.25) is 19.4 Å². The second-order valence-corrected chi connectivity index (χ2v) is 12.7. The number of anilines is 1. The van der Waals surface area contributed by atoms with Gasteiger partial charge in [-0.1, -0.05) is 60.5 Å². The largest absolute Gasteiger partial charge is 0.507 e. The van der Waals surface area contributed by atoms with E-state index in [9.17, 15) is 19.8 Å². The number of carbonyl (C=O) groups is 2. The van der Waals surface area contributed by atoms with Gasteiger partial charge in [-0.05, 0) is 81.2 Å². The van der Waals surface area contributed by atoms with E-state index < -0.39 is 17.4 Å². The predicted molar refractivity (Wildman–Crippen MR) is 182 cm³/mol. The minimum absolute atomic E-state index is 0.0443. The predicted octanol–water partition coefficient (Wildman–Crippen LogP) is 6.65. The SMILES string of the molecule is O=C(NCCCC(c1nc2ccc(C3(O)c4ccccc4C(=O)N3c3cccc(Cl)c3F)cc2[nH]1)N1CCCCC1)c1ccccc1O. The molecule has 4 aromatic carbocycles. The van der Waals surface area contributed by atoms with Crippen molar-refractivity contribution in [2.75, 3.05) is 24.5 Å². The van der Waals surface area contributed by atoms with Gasteiger partial charge in [0.25, 0.3) is 11.8 Å². The first-order chi connectivity index (χ1) is 23.3. The molecule has 2 unspecified atom stereocenters. The van der Waals surface area contributed by atoms with Crippen LogP contribution in [0.25, 0.3) is 11.0 Å². The van der Waals surface area contributed by atoms with Crippen molar-refractivity contribution >= 4 is 40.1 Å². The summed E-state index contributed by atoms with van der Waals surface area (Å²) in [5.41, 5.74) is 0.411. The molecule has 48 heavy (non-hydrogen) atoms. The van der Waals surface area contributed by atoms with E-state index in [1.807, 2.05) is 0 Å². The molecule has 1 fully saturated rings.